The summed E-state index contributed by atoms with van der Waals surface area (Å²) in [5, 5.41) is 14.6. The number of rotatable bonds is 8. The van der Waals surface area contributed by atoms with Crippen LogP contribution in [0, 0.1) is 0 Å². The van der Waals surface area contributed by atoms with Crippen molar-refractivity contribution in [3.8, 4) is 11.4 Å². The fraction of sp³-hybridized carbons (Fsp3) is 0.583. The number of ether oxygens (including phenoxy) is 1. The zero-order valence-electron chi connectivity index (χ0n) is 20.0. The first-order valence-electron chi connectivity index (χ1n) is 11.5. The third-order valence-corrected chi connectivity index (χ3v) is 6.73. The Morgan fingerprint density at radius 1 is 1.12 bits per heavy atom. The molecule has 0 atom stereocenters. The Kier molecular flexibility index (Phi) is 8.91. The highest BCUT2D eigenvalue weighted by molar-refractivity contribution is 7.99. The van der Waals surface area contributed by atoms with Crippen molar-refractivity contribution in [1.82, 2.24) is 25.4 Å². The molecule has 2 aromatic rings. The number of nitrogens with one attached hydrogen (secondary N) is 2. The van der Waals surface area contributed by atoms with Gasteiger partial charge in [0, 0.05) is 25.3 Å². The predicted octanol–water partition coefficient (Wildman–Crippen LogP) is 4.31. The minimum atomic E-state index is -0.522. The molecule has 3 amide bonds. The van der Waals surface area contributed by atoms with Gasteiger partial charge in [-0.2, -0.15) is 0 Å². The van der Waals surface area contributed by atoms with Gasteiger partial charge in [-0.25, -0.2) is 4.79 Å². The summed E-state index contributed by atoms with van der Waals surface area (Å²) in [6.07, 6.45) is 5.76. The van der Waals surface area contributed by atoms with Crippen LogP contribution in [0.1, 0.15) is 64.5 Å². The van der Waals surface area contributed by atoms with Crippen molar-refractivity contribution >= 4 is 23.7 Å². The molecule has 0 saturated heterocycles. The van der Waals surface area contributed by atoms with Crippen LogP contribution in [0.25, 0.3) is 11.4 Å². The van der Waals surface area contributed by atoms with Crippen LogP contribution in [0.3, 0.4) is 0 Å². The molecule has 1 aromatic heterocycles. The zero-order chi connectivity index (χ0) is 23.8. The summed E-state index contributed by atoms with van der Waals surface area (Å²) in [5.41, 5.74) is 2.37. The summed E-state index contributed by atoms with van der Waals surface area (Å²) < 4.78 is 7.08. The largest absolute Gasteiger partial charge is 0.383 e. The molecule has 8 nitrogen and oxygen atoms in total. The van der Waals surface area contributed by atoms with Crippen molar-refractivity contribution in [2.24, 2.45) is 0 Å². The second-order valence-electron chi connectivity index (χ2n) is 9.38. The SMILES string of the molecule is COCCNC(=O)NC(=O)CSc1nnc(-c2ccc(C(C)(C)C)cc2)n1C1CCCCC1. The molecular weight excluding hydrogens is 438 g/mol. The van der Waals surface area contributed by atoms with Crippen LogP contribution in [0.2, 0.25) is 0 Å². The zero-order valence-corrected chi connectivity index (χ0v) is 20.8. The molecule has 1 aliphatic rings. The average molecular weight is 474 g/mol. The third kappa shape index (κ3) is 7.04. The Bertz CT molecular complexity index is 931. The number of carbonyl (C=O) groups is 2. The van der Waals surface area contributed by atoms with Crippen LogP contribution in [0.15, 0.2) is 29.4 Å². The van der Waals surface area contributed by atoms with E-state index in [1.807, 2.05) is 0 Å². The highest BCUT2D eigenvalue weighted by Crippen LogP contribution is 2.36. The molecule has 0 radical (unpaired) electrons. The van der Waals surface area contributed by atoms with Gasteiger partial charge in [-0.15, -0.1) is 10.2 Å². The van der Waals surface area contributed by atoms with Gasteiger partial charge >= 0.3 is 6.03 Å². The van der Waals surface area contributed by atoms with Gasteiger partial charge in [0.05, 0.1) is 12.4 Å². The van der Waals surface area contributed by atoms with Crippen molar-refractivity contribution < 1.29 is 14.3 Å². The number of imide groups is 1. The van der Waals surface area contributed by atoms with Gasteiger partial charge in [0.1, 0.15) is 0 Å². The normalized spacial score (nSPS) is 14.8. The van der Waals surface area contributed by atoms with Gasteiger partial charge in [-0.05, 0) is 23.8 Å². The Morgan fingerprint density at radius 2 is 1.82 bits per heavy atom. The maximum absolute atomic E-state index is 12.3. The minimum absolute atomic E-state index is 0.0831. The topological polar surface area (TPSA) is 98.1 Å². The van der Waals surface area contributed by atoms with Gasteiger partial charge in [-0.3, -0.25) is 14.7 Å². The summed E-state index contributed by atoms with van der Waals surface area (Å²) in [4.78, 5) is 24.1. The summed E-state index contributed by atoms with van der Waals surface area (Å²) in [6, 6.07) is 8.31. The van der Waals surface area contributed by atoms with E-state index in [1.54, 1.807) is 7.11 Å². The van der Waals surface area contributed by atoms with Gasteiger partial charge in [-0.1, -0.05) is 76.1 Å². The highest BCUT2D eigenvalue weighted by Gasteiger charge is 2.25. The van der Waals surface area contributed by atoms with Crippen molar-refractivity contribution in [2.45, 2.75) is 69.5 Å². The van der Waals surface area contributed by atoms with Crippen molar-refractivity contribution in [2.75, 3.05) is 26.0 Å². The standard InChI is InChI=1S/C24H35N5O3S/c1-24(2,3)18-12-10-17(11-13-18)21-27-28-23(29(21)19-8-6-5-7-9-19)33-16-20(30)26-22(31)25-14-15-32-4/h10-13,19H,5-9,14-16H2,1-4H3,(H2,25,26,30,31). The summed E-state index contributed by atoms with van der Waals surface area (Å²) >= 11 is 1.31. The number of methoxy groups -OCH3 is 1. The van der Waals surface area contributed by atoms with Crippen LogP contribution in [-0.2, 0) is 14.9 Å². The molecule has 0 spiro atoms. The first kappa shape index (κ1) is 25.2. The smallest absolute Gasteiger partial charge is 0.321 e. The Morgan fingerprint density at radius 3 is 2.45 bits per heavy atom. The number of thioether (sulfide) groups is 1. The lowest BCUT2D eigenvalue weighted by Crippen LogP contribution is -2.41. The predicted molar refractivity (Wildman–Crippen MR) is 130 cm³/mol. The van der Waals surface area contributed by atoms with Crippen LogP contribution in [0.4, 0.5) is 4.79 Å². The van der Waals surface area contributed by atoms with E-state index < -0.39 is 6.03 Å². The Balaban J connectivity index is 1.75. The fourth-order valence-corrected chi connectivity index (χ4v) is 4.77. The van der Waals surface area contributed by atoms with Crippen LogP contribution < -0.4 is 10.6 Å². The molecule has 0 bridgehead atoms. The Hall–Kier alpha value is -2.39. The summed E-state index contributed by atoms with van der Waals surface area (Å²) in [6.45, 7) is 7.33. The molecule has 3 rings (SSSR count). The molecule has 1 aromatic carbocycles. The maximum atomic E-state index is 12.3. The van der Waals surface area contributed by atoms with E-state index in [0.717, 1.165) is 24.2 Å². The molecule has 180 valence electrons. The minimum Gasteiger partial charge on any atom is -0.383 e. The maximum Gasteiger partial charge on any atom is 0.321 e. The first-order valence-corrected chi connectivity index (χ1v) is 12.5. The molecule has 0 aliphatic heterocycles. The number of carbonyl (C=O) groups excluding carboxylic acids is 2. The monoisotopic (exact) mass is 473 g/mol. The Labute approximate surface area is 200 Å². The number of amides is 3. The van der Waals surface area contributed by atoms with E-state index in [1.165, 1.54) is 36.6 Å². The van der Waals surface area contributed by atoms with E-state index in [4.69, 9.17) is 4.74 Å². The molecule has 2 N–H and O–H groups in total. The molecule has 33 heavy (non-hydrogen) atoms. The van der Waals surface area contributed by atoms with Crippen LogP contribution in [-0.4, -0.2) is 52.7 Å². The van der Waals surface area contributed by atoms with E-state index in [-0.39, 0.29) is 17.1 Å². The fourth-order valence-electron chi connectivity index (χ4n) is 3.96. The number of benzene rings is 1. The third-order valence-electron chi connectivity index (χ3n) is 5.79. The lowest BCUT2D eigenvalue weighted by atomic mass is 9.86. The quantitative estimate of drug-likeness (QED) is 0.438. The highest BCUT2D eigenvalue weighted by atomic mass is 32.2. The van der Waals surface area contributed by atoms with Gasteiger partial charge in [0.15, 0.2) is 11.0 Å². The number of hydrogen-bond acceptors (Lipinski definition) is 6. The first-order chi connectivity index (χ1) is 15.8. The lowest BCUT2D eigenvalue weighted by Gasteiger charge is -2.26. The van der Waals surface area contributed by atoms with Gasteiger partial charge in [0.2, 0.25) is 5.91 Å². The van der Waals surface area contributed by atoms with E-state index in [0.29, 0.717) is 24.3 Å². The average Bonchev–Trinajstić information content (AvgIpc) is 3.22. The number of aromatic nitrogens is 3. The van der Waals surface area contributed by atoms with E-state index in [2.05, 4.69) is 70.4 Å². The van der Waals surface area contributed by atoms with E-state index in [9.17, 15) is 9.59 Å². The molecule has 1 fully saturated rings. The molecule has 1 aliphatic carbocycles. The van der Waals surface area contributed by atoms with Crippen molar-refractivity contribution in [3.63, 3.8) is 0 Å². The number of urea groups is 1. The van der Waals surface area contributed by atoms with E-state index >= 15 is 0 Å². The van der Waals surface area contributed by atoms with Crippen molar-refractivity contribution in [3.05, 3.63) is 29.8 Å². The van der Waals surface area contributed by atoms with Crippen molar-refractivity contribution in [1.29, 1.82) is 0 Å². The molecular formula is C24H35N5O3S. The number of hydrogen-bond donors (Lipinski definition) is 2. The summed E-state index contributed by atoms with van der Waals surface area (Å²) in [7, 11) is 1.55. The summed E-state index contributed by atoms with van der Waals surface area (Å²) in [5.74, 6) is 0.553. The van der Waals surface area contributed by atoms with Crippen LogP contribution in [0.5, 0.6) is 0 Å². The molecule has 1 heterocycles. The number of nitrogens with zero attached hydrogens (tertiary/aromatic N) is 3. The molecule has 1 saturated carbocycles. The van der Waals surface area contributed by atoms with Gasteiger partial charge < -0.3 is 10.1 Å². The van der Waals surface area contributed by atoms with Crippen LogP contribution >= 0.6 is 11.8 Å². The molecule has 0 unspecified atom stereocenters. The molecule has 9 heteroatoms. The van der Waals surface area contributed by atoms with Gasteiger partial charge in [0.25, 0.3) is 0 Å². The second kappa shape index (κ2) is 11.7. The second-order valence-corrected chi connectivity index (χ2v) is 10.3. The lowest BCUT2D eigenvalue weighted by molar-refractivity contribution is -0.117.